The fourth-order valence-electron chi connectivity index (χ4n) is 7.55. The lowest BCUT2D eigenvalue weighted by molar-refractivity contribution is -0.124. The van der Waals surface area contributed by atoms with Gasteiger partial charge in [0.2, 0.25) is 5.91 Å². The number of anilines is 1. The predicted octanol–water partition coefficient (Wildman–Crippen LogP) is 4.88. The van der Waals surface area contributed by atoms with Crippen molar-refractivity contribution >= 4 is 34.1 Å². The van der Waals surface area contributed by atoms with Crippen molar-refractivity contribution in [2.24, 2.45) is 23.2 Å². The van der Waals surface area contributed by atoms with E-state index < -0.39 is 0 Å². The third-order valence-corrected chi connectivity index (χ3v) is 8.79. The second kappa shape index (κ2) is 8.27. The van der Waals surface area contributed by atoms with E-state index in [0.29, 0.717) is 23.2 Å². The SMILES string of the molecule is O=C(CC12CC3CC(CC(C3)C1)C2)Nc1c(Cl)ccc2nc(CN[C@@H]3CCNC3)ccc12. The van der Waals surface area contributed by atoms with E-state index in [-0.39, 0.29) is 11.3 Å². The van der Waals surface area contributed by atoms with E-state index in [2.05, 4.69) is 22.0 Å². The van der Waals surface area contributed by atoms with Crippen LogP contribution >= 0.6 is 11.6 Å². The summed E-state index contributed by atoms with van der Waals surface area (Å²) in [6, 6.07) is 8.42. The van der Waals surface area contributed by atoms with Crippen molar-refractivity contribution in [3.63, 3.8) is 0 Å². The van der Waals surface area contributed by atoms with Crippen molar-refractivity contribution in [2.45, 2.75) is 64.0 Å². The summed E-state index contributed by atoms with van der Waals surface area (Å²) in [5, 5.41) is 11.6. The molecule has 4 aliphatic carbocycles. The number of nitrogens with one attached hydrogen (secondary N) is 3. The summed E-state index contributed by atoms with van der Waals surface area (Å²) < 4.78 is 0. The summed E-state index contributed by atoms with van der Waals surface area (Å²) in [5.74, 6) is 2.67. The topological polar surface area (TPSA) is 66.0 Å². The number of rotatable bonds is 6. The molecule has 1 amide bonds. The van der Waals surface area contributed by atoms with Gasteiger partial charge in [-0.15, -0.1) is 0 Å². The molecule has 2 heterocycles. The molecule has 1 aromatic heterocycles. The molecular weight excluding hydrogens is 420 g/mol. The molecule has 0 unspecified atom stereocenters. The number of benzene rings is 1. The van der Waals surface area contributed by atoms with Crippen LogP contribution in [0.3, 0.4) is 0 Å². The Balaban J connectivity index is 1.18. The lowest BCUT2D eigenvalue weighted by Crippen LogP contribution is -2.47. The Hall–Kier alpha value is -1.69. The van der Waals surface area contributed by atoms with Gasteiger partial charge in [0.05, 0.1) is 21.9 Å². The molecule has 5 nitrogen and oxygen atoms in total. The van der Waals surface area contributed by atoms with Crippen LogP contribution in [0, 0.1) is 23.2 Å². The molecule has 2 aromatic rings. The molecule has 1 aromatic carbocycles. The van der Waals surface area contributed by atoms with E-state index in [1.165, 1.54) is 38.5 Å². The largest absolute Gasteiger partial charge is 0.324 e. The zero-order valence-electron chi connectivity index (χ0n) is 18.6. The third-order valence-electron chi connectivity index (χ3n) is 8.48. The number of fused-ring (bicyclic) bond motifs is 1. The Bertz CT molecular complexity index is 997. The lowest BCUT2D eigenvalue weighted by atomic mass is 9.49. The van der Waals surface area contributed by atoms with E-state index in [1.54, 1.807) is 0 Å². The fraction of sp³-hybridized carbons (Fsp3) is 0.615. The minimum atomic E-state index is 0.112. The van der Waals surface area contributed by atoms with E-state index in [1.807, 2.05) is 18.2 Å². The van der Waals surface area contributed by atoms with Gasteiger partial charge in [-0.3, -0.25) is 9.78 Å². The molecule has 170 valence electrons. The highest BCUT2D eigenvalue weighted by Gasteiger charge is 2.51. The Morgan fingerprint density at radius 1 is 1.09 bits per heavy atom. The summed E-state index contributed by atoms with van der Waals surface area (Å²) in [6.07, 6.45) is 9.71. The number of carbonyl (C=O) groups excluding carboxylic acids is 1. The molecule has 5 aliphatic rings. The summed E-state index contributed by atoms with van der Waals surface area (Å²) in [6.45, 7) is 2.84. The maximum Gasteiger partial charge on any atom is 0.224 e. The van der Waals surface area contributed by atoms with Gasteiger partial charge in [0.1, 0.15) is 0 Å². The molecule has 7 rings (SSSR count). The second-order valence-electron chi connectivity index (χ2n) is 11.0. The minimum absolute atomic E-state index is 0.112. The first kappa shape index (κ1) is 20.9. The van der Waals surface area contributed by atoms with Crippen LogP contribution in [0.2, 0.25) is 5.02 Å². The maximum absolute atomic E-state index is 13.2. The van der Waals surface area contributed by atoms with Gasteiger partial charge >= 0.3 is 0 Å². The Morgan fingerprint density at radius 2 is 1.84 bits per heavy atom. The zero-order chi connectivity index (χ0) is 21.7. The highest BCUT2D eigenvalue weighted by molar-refractivity contribution is 6.35. The molecule has 4 bridgehead atoms. The number of aromatic nitrogens is 1. The summed E-state index contributed by atoms with van der Waals surface area (Å²) in [4.78, 5) is 18.0. The van der Waals surface area contributed by atoms with Gasteiger partial charge in [0.15, 0.2) is 0 Å². The number of hydrogen-bond donors (Lipinski definition) is 3. The first-order valence-electron chi connectivity index (χ1n) is 12.4. The molecular formula is C26H33ClN4O. The number of pyridine rings is 1. The number of carbonyl (C=O) groups is 1. The smallest absolute Gasteiger partial charge is 0.224 e. The van der Waals surface area contributed by atoms with Crippen LogP contribution in [0.25, 0.3) is 10.9 Å². The van der Waals surface area contributed by atoms with Gasteiger partial charge in [-0.05, 0) is 98.9 Å². The van der Waals surface area contributed by atoms with Crippen molar-refractivity contribution in [2.75, 3.05) is 18.4 Å². The van der Waals surface area contributed by atoms with Gasteiger partial charge in [0.25, 0.3) is 0 Å². The number of hydrogen-bond acceptors (Lipinski definition) is 4. The fourth-order valence-corrected chi connectivity index (χ4v) is 7.77. The molecule has 32 heavy (non-hydrogen) atoms. The van der Waals surface area contributed by atoms with E-state index in [4.69, 9.17) is 16.6 Å². The van der Waals surface area contributed by atoms with Gasteiger partial charge in [-0.25, -0.2) is 0 Å². The summed E-state index contributed by atoms with van der Waals surface area (Å²) in [7, 11) is 0. The van der Waals surface area contributed by atoms with Crippen LogP contribution in [0.5, 0.6) is 0 Å². The van der Waals surface area contributed by atoms with E-state index in [9.17, 15) is 4.79 Å². The van der Waals surface area contributed by atoms with Crippen LogP contribution in [0.4, 0.5) is 5.69 Å². The van der Waals surface area contributed by atoms with Crippen molar-refractivity contribution in [3.8, 4) is 0 Å². The monoisotopic (exact) mass is 452 g/mol. The molecule has 1 saturated heterocycles. The first-order chi connectivity index (χ1) is 15.6. The molecule has 1 atom stereocenters. The Labute approximate surface area is 195 Å². The van der Waals surface area contributed by atoms with Crippen molar-refractivity contribution < 1.29 is 4.79 Å². The minimum Gasteiger partial charge on any atom is -0.324 e. The molecule has 4 saturated carbocycles. The molecule has 6 heteroatoms. The van der Waals surface area contributed by atoms with Crippen LogP contribution in [-0.2, 0) is 11.3 Å². The van der Waals surface area contributed by atoms with Gasteiger partial charge in [-0.2, -0.15) is 0 Å². The average Bonchev–Trinajstić information content (AvgIpc) is 3.26. The first-order valence-corrected chi connectivity index (χ1v) is 12.8. The molecule has 0 radical (unpaired) electrons. The number of nitrogens with zero attached hydrogens (tertiary/aromatic N) is 1. The van der Waals surface area contributed by atoms with E-state index >= 15 is 0 Å². The van der Waals surface area contributed by atoms with Crippen LogP contribution in [-0.4, -0.2) is 30.0 Å². The van der Waals surface area contributed by atoms with Crippen LogP contribution in [0.1, 0.15) is 57.1 Å². The highest BCUT2D eigenvalue weighted by atomic mass is 35.5. The standard InChI is InChI=1S/C26H33ClN4O/c27-22-3-4-23-21(2-1-20(30-23)15-29-19-5-6-28-14-19)25(22)31-24(32)13-26-10-16-7-17(11-26)9-18(8-16)12-26/h1-4,16-19,28-29H,5-15H2,(H,31,32)/t16?,17?,18?,19-,26?/m1/s1. The molecule has 0 spiro atoms. The number of halogens is 1. The lowest BCUT2D eigenvalue weighted by Gasteiger charge is -2.56. The van der Waals surface area contributed by atoms with Gasteiger partial charge in [0, 0.05) is 30.9 Å². The molecule has 5 fully saturated rings. The third kappa shape index (κ3) is 4.04. The zero-order valence-corrected chi connectivity index (χ0v) is 19.4. The quantitative estimate of drug-likeness (QED) is 0.584. The van der Waals surface area contributed by atoms with Crippen molar-refractivity contribution in [1.82, 2.24) is 15.6 Å². The summed E-state index contributed by atoms with van der Waals surface area (Å²) in [5.41, 5.74) is 2.83. The maximum atomic E-state index is 13.2. The Kier molecular flexibility index (Phi) is 5.39. The van der Waals surface area contributed by atoms with Crippen molar-refractivity contribution in [1.29, 1.82) is 0 Å². The molecule has 3 N–H and O–H groups in total. The average molecular weight is 453 g/mol. The summed E-state index contributed by atoms with van der Waals surface area (Å²) >= 11 is 6.55. The molecule has 1 aliphatic heterocycles. The predicted molar refractivity (Wildman–Crippen MR) is 129 cm³/mol. The van der Waals surface area contributed by atoms with E-state index in [0.717, 1.165) is 60.4 Å². The second-order valence-corrected chi connectivity index (χ2v) is 11.4. The number of amides is 1. The highest BCUT2D eigenvalue weighted by Crippen LogP contribution is 2.61. The normalized spacial score (nSPS) is 33.2. The van der Waals surface area contributed by atoms with Crippen molar-refractivity contribution in [3.05, 3.63) is 35.0 Å². The Morgan fingerprint density at radius 3 is 2.53 bits per heavy atom. The van der Waals surface area contributed by atoms with Gasteiger partial charge in [-0.1, -0.05) is 11.6 Å². The van der Waals surface area contributed by atoms with Crippen LogP contribution in [0.15, 0.2) is 24.3 Å². The van der Waals surface area contributed by atoms with Crippen LogP contribution < -0.4 is 16.0 Å². The van der Waals surface area contributed by atoms with Gasteiger partial charge < -0.3 is 16.0 Å².